The molecule has 1 aliphatic rings. The first-order valence-electron chi connectivity index (χ1n) is 5.03. The smallest absolute Gasteiger partial charge is 0.284 e. The van der Waals surface area contributed by atoms with Crippen LogP contribution in [0.2, 0.25) is 0 Å². The van der Waals surface area contributed by atoms with Gasteiger partial charge in [-0.3, -0.25) is 14.8 Å². The minimum absolute atomic E-state index is 0.158. The van der Waals surface area contributed by atoms with Crippen molar-refractivity contribution >= 4 is 23.2 Å². The molecular formula is C10H12N2O3S. The minimum atomic E-state index is -0.591. The zero-order chi connectivity index (χ0) is 11.5. The van der Waals surface area contributed by atoms with Gasteiger partial charge < -0.3 is 5.32 Å². The lowest BCUT2D eigenvalue weighted by Gasteiger charge is -2.00. The molecule has 1 saturated carbocycles. The first-order valence-corrected chi connectivity index (χ1v) is 5.85. The van der Waals surface area contributed by atoms with E-state index in [9.17, 15) is 9.59 Å². The van der Waals surface area contributed by atoms with Crippen LogP contribution in [0.15, 0.2) is 12.1 Å². The van der Waals surface area contributed by atoms with Gasteiger partial charge in [-0.15, -0.1) is 11.3 Å². The molecule has 0 atom stereocenters. The number of nitrogens with one attached hydrogen (secondary N) is 2. The Kier molecular flexibility index (Phi) is 3.21. The van der Waals surface area contributed by atoms with Crippen molar-refractivity contribution in [3.63, 3.8) is 0 Å². The second-order valence-corrected chi connectivity index (χ2v) is 4.84. The van der Waals surface area contributed by atoms with Crippen molar-refractivity contribution in [1.29, 1.82) is 0 Å². The highest BCUT2D eigenvalue weighted by atomic mass is 32.1. The summed E-state index contributed by atoms with van der Waals surface area (Å²) in [6.45, 7) is 0.707. The number of hydrogen-bond acceptors (Lipinski definition) is 4. The third kappa shape index (κ3) is 2.59. The van der Waals surface area contributed by atoms with Crippen molar-refractivity contribution in [2.75, 3.05) is 6.54 Å². The monoisotopic (exact) mass is 240 g/mol. The summed E-state index contributed by atoms with van der Waals surface area (Å²) in [5, 5.41) is 11.2. The topological polar surface area (TPSA) is 78.4 Å². The fraction of sp³-hybridized carbons (Fsp3) is 0.400. The molecule has 0 bridgehead atoms. The Balaban J connectivity index is 1.94. The van der Waals surface area contributed by atoms with Gasteiger partial charge in [-0.2, -0.15) is 0 Å². The fourth-order valence-electron chi connectivity index (χ4n) is 1.28. The van der Waals surface area contributed by atoms with Crippen molar-refractivity contribution in [2.24, 2.45) is 5.92 Å². The molecule has 1 aromatic rings. The van der Waals surface area contributed by atoms with Gasteiger partial charge in [-0.05, 0) is 30.9 Å². The normalized spacial score (nSPS) is 14.6. The average molecular weight is 240 g/mol. The van der Waals surface area contributed by atoms with Crippen LogP contribution in [-0.2, 0) is 0 Å². The van der Waals surface area contributed by atoms with Crippen molar-refractivity contribution in [1.82, 2.24) is 10.8 Å². The summed E-state index contributed by atoms with van der Waals surface area (Å²) in [4.78, 5) is 23.5. The molecule has 16 heavy (non-hydrogen) atoms. The average Bonchev–Trinajstić information content (AvgIpc) is 2.99. The summed E-state index contributed by atoms with van der Waals surface area (Å²) in [5.74, 6) is -0.121. The maximum atomic E-state index is 11.6. The Morgan fingerprint density at radius 1 is 1.31 bits per heavy atom. The maximum absolute atomic E-state index is 11.6. The highest BCUT2D eigenvalue weighted by Gasteiger charge is 2.22. The molecule has 1 heterocycles. The van der Waals surface area contributed by atoms with E-state index in [1.54, 1.807) is 6.07 Å². The molecule has 0 unspecified atom stereocenters. The predicted octanol–water partition coefficient (Wildman–Crippen LogP) is 1.01. The molecule has 0 radical (unpaired) electrons. The molecule has 86 valence electrons. The number of thiophene rings is 1. The van der Waals surface area contributed by atoms with E-state index >= 15 is 0 Å². The Morgan fingerprint density at radius 3 is 2.50 bits per heavy atom. The van der Waals surface area contributed by atoms with E-state index in [2.05, 4.69) is 5.32 Å². The number of carbonyl (C=O) groups is 2. The fourth-order valence-corrected chi connectivity index (χ4v) is 2.10. The molecule has 1 aliphatic carbocycles. The first-order chi connectivity index (χ1) is 7.70. The molecule has 0 aromatic carbocycles. The standard InChI is InChI=1S/C10H12N2O3S/c13-9(11-5-6-1-2-6)7-3-4-8(16-7)10(14)12-15/h3-4,6,15H,1-2,5H2,(H,11,13)(H,12,14). The van der Waals surface area contributed by atoms with Gasteiger partial charge in [0.1, 0.15) is 0 Å². The molecule has 0 aliphatic heterocycles. The zero-order valence-corrected chi connectivity index (χ0v) is 9.34. The summed E-state index contributed by atoms with van der Waals surface area (Å²) in [6.07, 6.45) is 2.37. The molecule has 1 fully saturated rings. The van der Waals surface area contributed by atoms with Crippen LogP contribution in [-0.4, -0.2) is 23.6 Å². The van der Waals surface area contributed by atoms with Crippen LogP contribution in [0.25, 0.3) is 0 Å². The Bertz CT molecular complexity index is 412. The van der Waals surface area contributed by atoms with Gasteiger partial charge in [0, 0.05) is 6.54 Å². The van der Waals surface area contributed by atoms with Gasteiger partial charge >= 0.3 is 0 Å². The number of hydrogen-bond donors (Lipinski definition) is 3. The number of carbonyl (C=O) groups excluding carboxylic acids is 2. The number of amides is 2. The van der Waals surface area contributed by atoms with Crippen LogP contribution < -0.4 is 10.8 Å². The molecule has 1 aromatic heterocycles. The Labute approximate surface area is 96.4 Å². The largest absolute Gasteiger partial charge is 0.351 e. The van der Waals surface area contributed by atoms with Gasteiger partial charge in [-0.1, -0.05) is 0 Å². The van der Waals surface area contributed by atoms with Gasteiger partial charge in [0.25, 0.3) is 11.8 Å². The van der Waals surface area contributed by atoms with Crippen molar-refractivity contribution in [3.8, 4) is 0 Å². The van der Waals surface area contributed by atoms with E-state index in [4.69, 9.17) is 5.21 Å². The summed E-state index contributed by atoms with van der Waals surface area (Å²) >= 11 is 1.06. The summed E-state index contributed by atoms with van der Waals surface area (Å²) in [5.41, 5.74) is 1.53. The molecule has 2 amide bonds. The minimum Gasteiger partial charge on any atom is -0.351 e. The van der Waals surface area contributed by atoms with Crippen LogP contribution in [0.4, 0.5) is 0 Å². The molecule has 6 heteroatoms. The van der Waals surface area contributed by atoms with E-state index < -0.39 is 5.91 Å². The predicted molar refractivity (Wildman–Crippen MR) is 58.6 cm³/mol. The van der Waals surface area contributed by atoms with E-state index in [1.165, 1.54) is 24.4 Å². The molecule has 3 N–H and O–H groups in total. The van der Waals surface area contributed by atoms with Gasteiger partial charge in [-0.25, -0.2) is 5.48 Å². The quantitative estimate of drug-likeness (QED) is 0.543. The van der Waals surface area contributed by atoms with Gasteiger partial charge in [0.05, 0.1) is 9.75 Å². The highest BCUT2D eigenvalue weighted by Crippen LogP contribution is 2.27. The number of hydroxylamine groups is 1. The molecule has 0 saturated heterocycles. The van der Waals surface area contributed by atoms with Crippen LogP contribution in [0.1, 0.15) is 32.2 Å². The summed E-state index contributed by atoms with van der Waals surface area (Å²) in [7, 11) is 0. The van der Waals surface area contributed by atoms with E-state index in [0.29, 0.717) is 22.2 Å². The van der Waals surface area contributed by atoms with Crippen molar-refractivity contribution in [2.45, 2.75) is 12.8 Å². The Hall–Kier alpha value is -1.40. The van der Waals surface area contributed by atoms with Crippen LogP contribution in [0, 0.1) is 5.92 Å². The highest BCUT2D eigenvalue weighted by molar-refractivity contribution is 7.15. The lowest BCUT2D eigenvalue weighted by molar-refractivity contribution is 0.0711. The SMILES string of the molecule is O=C(NO)c1ccc(C(=O)NCC2CC2)s1. The number of rotatable bonds is 4. The first kappa shape index (κ1) is 11.1. The van der Waals surface area contributed by atoms with E-state index in [1.807, 2.05) is 0 Å². The van der Waals surface area contributed by atoms with Gasteiger partial charge in [0.15, 0.2) is 0 Å². The van der Waals surface area contributed by atoms with Crippen molar-refractivity contribution < 1.29 is 14.8 Å². The van der Waals surface area contributed by atoms with Crippen LogP contribution in [0.3, 0.4) is 0 Å². The zero-order valence-electron chi connectivity index (χ0n) is 8.53. The molecule has 2 rings (SSSR count). The van der Waals surface area contributed by atoms with Gasteiger partial charge in [0.2, 0.25) is 0 Å². The lowest BCUT2D eigenvalue weighted by Crippen LogP contribution is -2.24. The second-order valence-electron chi connectivity index (χ2n) is 3.76. The Morgan fingerprint density at radius 2 is 1.94 bits per heavy atom. The summed E-state index contributed by atoms with van der Waals surface area (Å²) < 4.78 is 0. The molecular weight excluding hydrogens is 228 g/mol. The van der Waals surface area contributed by atoms with Crippen LogP contribution in [0.5, 0.6) is 0 Å². The van der Waals surface area contributed by atoms with Crippen LogP contribution >= 0.6 is 11.3 Å². The lowest BCUT2D eigenvalue weighted by atomic mass is 10.3. The second kappa shape index (κ2) is 4.63. The van der Waals surface area contributed by atoms with E-state index in [0.717, 1.165) is 11.3 Å². The summed E-state index contributed by atoms with van der Waals surface area (Å²) in [6, 6.07) is 3.10. The maximum Gasteiger partial charge on any atom is 0.284 e. The molecule has 5 nitrogen and oxygen atoms in total. The van der Waals surface area contributed by atoms with E-state index in [-0.39, 0.29) is 5.91 Å². The van der Waals surface area contributed by atoms with Crippen molar-refractivity contribution in [3.05, 3.63) is 21.9 Å². The third-order valence-electron chi connectivity index (χ3n) is 2.40. The third-order valence-corrected chi connectivity index (χ3v) is 3.49. The molecule has 0 spiro atoms.